The van der Waals surface area contributed by atoms with E-state index in [-0.39, 0.29) is 27.5 Å². The van der Waals surface area contributed by atoms with Crippen molar-refractivity contribution in [2.75, 3.05) is 11.0 Å². The number of nitrogens with one attached hydrogen (secondary N) is 1. The summed E-state index contributed by atoms with van der Waals surface area (Å²) in [4.78, 5) is 21.4. The molecule has 0 unspecified atom stereocenters. The molecule has 0 radical (unpaired) electrons. The van der Waals surface area contributed by atoms with Crippen LogP contribution in [0.1, 0.15) is 39.0 Å². The molecule has 184 valence electrons. The first kappa shape index (κ1) is 26.6. The minimum Gasteiger partial charge on any atom is -0.477 e. The number of hydrogen-bond acceptors (Lipinski definition) is 7. The Morgan fingerprint density at radius 3 is 2.31 bits per heavy atom. The van der Waals surface area contributed by atoms with Gasteiger partial charge in [0.2, 0.25) is 5.78 Å². The number of hydrogen-bond donors (Lipinski definition) is 1. The second-order valence-corrected chi connectivity index (χ2v) is 9.09. The molecule has 4 rings (SSSR count). The second-order valence-electron chi connectivity index (χ2n) is 7.50. The van der Waals surface area contributed by atoms with Crippen LogP contribution in [-0.4, -0.2) is 27.6 Å². The maximum atomic E-state index is 15.5. The zero-order chi connectivity index (χ0) is 25.8. The first-order valence-corrected chi connectivity index (χ1v) is 12.8. The van der Waals surface area contributed by atoms with E-state index in [2.05, 4.69) is 14.7 Å². The van der Waals surface area contributed by atoms with Crippen LogP contribution in [0.3, 0.4) is 0 Å². The van der Waals surface area contributed by atoms with E-state index in [1.165, 1.54) is 42.2 Å². The quantitative estimate of drug-likeness (QED) is 0.214. The number of Topliss-reactive ketones (excluding diaryl/α,β-unsaturated/α-hetero) is 1. The Labute approximate surface area is 210 Å². The molecule has 2 heterocycles. The first-order valence-electron chi connectivity index (χ1n) is 10.7. The van der Waals surface area contributed by atoms with Gasteiger partial charge in [0.1, 0.15) is 17.3 Å². The number of carbonyl (C=O) groups excluding carboxylic acids is 1. The molecular weight excluding hydrogens is 495 g/mol. The Balaban J connectivity index is 0.00000167. The highest BCUT2D eigenvalue weighted by Crippen LogP contribution is 2.42. The predicted octanol–water partition coefficient (Wildman–Crippen LogP) is 7.01. The number of ether oxygens (including phenoxy) is 1. The van der Waals surface area contributed by atoms with Crippen LogP contribution in [0.15, 0.2) is 58.7 Å². The van der Waals surface area contributed by atoms with Crippen LogP contribution in [0.4, 0.5) is 18.9 Å². The van der Waals surface area contributed by atoms with Gasteiger partial charge in [-0.1, -0.05) is 43.8 Å². The summed E-state index contributed by atoms with van der Waals surface area (Å²) < 4.78 is 52.0. The summed E-state index contributed by atoms with van der Waals surface area (Å²) in [6.45, 7) is 7.19. The Morgan fingerprint density at radius 2 is 1.66 bits per heavy atom. The van der Waals surface area contributed by atoms with Gasteiger partial charge in [-0.3, -0.25) is 4.79 Å². The van der Waals surface area contributed by atoms with Crippen LogP contribution >= 0.6 is 23.7 Å². The van der Waals surface area contributed by atoms with Crippen molar-refractivity contribution in [2.24, 2.45) is 0 Å². The van der Waals surface area contributed by atoms with Gasteiger partial charge in [-0.15, -0.1) is 0 Å². The van der Waals surface area contributed by atoms with Crippen molar-refractivity contribution >= 4 is 46.5 Å². The summed E-state index contributed by atoms with van der Waals surface area (Å²) in [5.74, 6) is -2.58. The van der Waals surface area contributed by atoms with E-state index < -0.39 is 28.8 Å². The lowest BCUT2D eigenvalue weighted by molar-refractivity contribution is -0.125. The average molecular weight is 520 g/mol. The van der Waals surface area contributed by atoms with Gasteiger partial charge in [-0.25, -0.2) is 23.1 Å². The van der Waals surface area contributed by atoms with E-state index in [0.29, 0.717) is 22.8 Å². The Morgan fingerprint density at radius 1 is 1.00 bits per heavy atom. The molecular formula is C25H24F3N3O2S2. The van der Waals surface area contributed by atoms with Gasteiger partial charge in [0.05, 0.1) is 16.2 Å². The molecule has 3 aromatic rings. The lowest BCUT2D eigenvalue weighted by Crippen LogP contribution is -2.29. The van der Waals surface area contributed by atoms with Crippen LogP contribution in [0.5, 0.6) is 0 Å². The molecule has 1 aliphatic rings. The predicted molar refractivity (Wildman–Crippen MR) is 134 cm³/mol. The first-order chi connectivity index (χ1) is 16.7. The van der Waals surface area contributed by atoms with E-state index in [1.807, 2.05) is 20.1 Å². The number of benzene rings is 2. The minimum atomic E-state index is -1.23. The van der Waals surface area contributed by atoms with E-state index in [9.17, 15) is 13.6 Å². The fraction of sp³-hybridized carbons (Fsp3) is 0.240. The van der Waals surface area contributed by atoms with Crippen LogP contribution in [-0.2, 0) is 9.53 Å². The summed E-state index contributed by atoms with van der Waals surface area (Å²) in [7, 11) is 0. The third-order valence-electron chi connectivity index (χ3n) is 4.86. The SMILES string of the molecule is CC.CSc1nccc(C2=C(c3cccc(NSc4c(F)cccc4F)c3F)C(=O)C(C)(C)O2)n1. The van der Waals surface area contributed by atoms with Gasteiger partial charge in [-0.05, 0) is 56.3 Å². The van der Waals surface area contributed by atoms with Crippen molar-refractivity contribution in [1.29, 1.82) is 0 Å². The smallest absolute Gasteiger partial charge is 0.210 e. The number of anilines is 1. The second kappa shape index (κ2) is 11.2. The van der Waals surface area contributed by atoms with Gasteiger partial charge in [0, 0.05) is 11.8 Å². The van der Waals surface area contributed by atoms with Crippen molar-refractivity contribution in [3.8, 4) is 0 Å². The normalized spacial score (nSPS) is 14.3. The molecule has 2 aromatic carbocycles. The van der Waals surface area contributed by atoms with Crippen molar-refractivity contribution in [3.63, 3.8) is 0 Å². The molecule has 1 N–H and O–H groups in total. The third-order valence-corrected chi connectivity index (χ3v) is 6.33. The van der Waals surface area contributed by atoms with Crippen molar-refractivity contribution in [1.82, 2.24) is 9.97 Å². The molecule has 35 heavy (non-hydrogen) atoms. The summed E-state index contributed by atoms with van der Waals surface area (Å²) in [5.41, 5.74) is -0.893. The molecule has 0 spiro atoms. The molecule has 1 aliphatic heterocycles. The van der Waals surface area contributed by atoms with E-state index >= 15 is 4.39 Å². The largest absolute Gasteiger partial charge is 0.477 e. The molecule has 1 aromatic heterocycles. The Bertz CT molecular complexity index is 1260. The van der Waals surface area contributed by atoms with Gasteiger partial charge in [0.15, 0.2) is 22.3 Å². The van der Waals surface area contributed by atoms with Crippen LogP contribution < -0.4 is 4.72 Å². The maximum Gasteiger partial charge on any atom is 0.210 e. The third kappa shape index (κ3) is 5.48. The zero-order valence-electron chi connectivity index (χ0n) is 19.8. The van der Waals surface area contributed by atoms with Gasteiger partial charge in [-0.2, -0.15) is 0 Å². The molecule has 5 nitrogen and oxygen atoms in total. The van der Waals surface area contributed by atoms with Crippen LogP contribution in [0, 0.1) is 17.5 Å². The minimum absolute atomic E-state index is 0.00973. The fourth-order valence-electron chi connectivity index (χ4n) is 3.24. The van der Waals surface area contributed by atoms with E-state index in [0.717, 1.165) is 12.1 Å². The van der Waals surface area contributed by atoms with Gasteiger partial charge < -0.3 is 9.46 Å². The highest BCUT2D eigenvalue weighted by molar-refractivity contribution is 8.00. The lowest BCUT2D eigenvalue weighted by Gasteiger charge is -2.17. The number of halogens is 3. The molecule has 0 atom stereocenters. The van der Waals surface area contributed by atoms with Crippen molar-refractivity contribution in [2.45, 2.75) is 43.3 Å². The van der Waals surface area contributed by atoms with Crippen molar-refractivity contribution < 1.29 is 22.7 Å². The Kier molecular flexibility index (Phi) is 8.50. The monoisotopic (exact) mass is 519 g/mol. The molecule has 0 saturated carbocycles. The van der Waals surface area contributed by atoms with Crippen molar-refractivity contribution in [3.05, 3.63) is 77.4 Å². The standard InChI is InChI=1S/C23H18F3N3O2S2.C2H6/c1-23(2)21(30)17(19(31-23)16-10-11-27-22(28-16)32-3)12-6-4-9-15(18(12)26)29-33-20-13(24)7-5-8-14(20)25;1-2/h4-11,29H,1-3H3;1-2H3. The van der Waals surface area contributed by atoms with E-state index in [4.69, 9.17) is 4.74 Å². The highest BCUT2D eigenvalue weighted by atomic mass is 32.2. The molecule has 0 saturated heterocycles. The number of ketones is 1. The lowest BCUT2D eigenvalue weighted by atomic mass is 9.92. The molecule has 10 heteroatoms. The molecule has 0 amide bonds. The summed E-state index contributed by atoms with van der Waals surface area (Å²) >= 11 is 1.92. The number of carbonyl (C=O) groups is 1. The molecule has 0 aliphatic carbocycles. The fourth-order valence-corrected chi connectivity index (χ4v) is 4.29. The van der Waals surface area contributed by atoms with Crippen LogP contribution in [0.2, 0.25) is 0 Å². The van der Waals surface area contributed by atoms with Gasteiger partial charge in [0.25, 0.3) is 0 Å². The maximum absolute atomic E-state index is 15.5. The number of nitrogens with zero attached hydrogens (tertiary/aromatic N) is 2. The summed E-state index contributed by atoms with van der Waals surface area (Å²) in [6, 6.07) is 9.44. The summed E-state index contributed by atoms with van der Waals surface area (Å²) in [5, 5.41) is 0.472. The average Bonchev–Trinajstić information content (AvgIpc) is 3.10. The molecule has 0 fully saturated rings. The summed E-state index contributed by atoms with van der Waals surface area (Å²) in [6.07, 6.45) is 3.34. The van der Waals surface area contributed by atoms with E-state index in [1.54, 1.807) is 19.9 Å². The highest BCUT2D eigenvalue weighted by Gasteiger charge is 2.44. The number of aromatic nitrogens is 2. The Hall–Kier alpha value is -2.98. The topological polar surface area (TPSA) is 64.1 Å². The zero-order valence-corrected chi connectivity index (χ0v) is 21.4. The molecule has 0 bridgehead atoms. The van der Waals surface area contributed by atoms with Gasteiger partial charge >= 0.3 is 0 Å². The van der Waals surface area contributed by atoms with Crippen LogP contribution in [0.25, 0.3) is 11.3 Å². The number of thioether (sulfide) groups is 1. The number of rotatable bonds is 6.